The molecule has 0 saturated carbocycles. The van der Waals surface area contributed by atoms with Gasteiger partial charge in [-0.05, 0) is 58.4 Å². The second-order valence-electron chi connectivity index (χ2n) is 5.93. The highest BCUT2D eigenvalue weighted by atomic mass is 79.9. The van der Waals surface area contributed by atoms with Crippen molar-refractivity contribution in [3.8, 4) is 34.3 Å². The maximum atomic E-state index is 13.3. The van der Waals surface area contributed by atoms with Gasteiger partial charge >= 0.3 is 0 Å². The number of hydrogen-bond acceptors (Lipinski definition) is 6. The normalized spacial score (nSPS) is 11.2. The van der Waals surface area contributed by atoms with E-state index in [4.69, 9.17) is 18.9 Å². The minimum absolute atomic E-state index is 0.134. The molecule has 0 unspecified atom stereocenters. The van der Waals surface area contributed by atoms with Crippen molar-refractivity contribution in [1.82, 2.24) is 3.97 Å². The third kappa shape index (κ3) is 3.92. The molecule has 0 atom stereocenters. The molecule has 2 aromatic carbocycles. The van der Waals surface area contributed by atoms with E-state index < -0.39 is 10.0 Å². The van der Waals surface area contributed by atoms with Crippen LogP contribution in [0.2, 0.25) is 0 Å². The van der Waals surface area contributed by atoms with Gasteiger partial charge in [-0.2, -0.15) is 0 Å². The SMILES string of the molecule is COc1ccc(S(=O)(=O)n2cc(Br)cc2-c2cc(OC)c(OC)c(OC)c2)cc1. The zero-order valence-corrected chi connectivity index (χ0v) is 18.7. The van der Waals surface area contributed by atoms with E-state index >= 15 is 0 Å². The van der Waals surface area contributed by atoms with Gasteiger partial charge in [0.25, 0.3) is 10.0 Å². The molecule has 0 amide bonds. The molecule has 0 bridgehead atoms. The molecule has 0 radical (unpaired) electrons. The highest BCUT2D eigenvalue weighted by molar-refractivity contribution is 9.10. The van der Waals surface area contributed by atoms with Crippen LogP contribution in [0.3, 0.4) is 0 Å². The molecule has 7 nitrogen and oxygen atoms in total. The summed E-state index contributed by atoms with van der Waals surface area (Å²) in [6.07, 6.45) is 1.50. The minimum atomic E-state index is -3.86. The zero-order chi connectivity index (χ0) is 21.2. The lowest BCUT2D eigenvalue weighted by atomic mass is 10.1. The molecule has 3 aromatic rings. The lowest BCUT2D eigenvalue weighted by Crippen LogP contribution is -2.13. The lowest BCUT2D eigenvalue weighted by molar-refractivity contribution is 0.324. The smallest absolute Gasteiger partial charge is 0.268 e. The van der Waals surface area contributed by atoms with Crippen LogP contribution < -0.4 is 18.9 Å². The van der Waals surface area contributed by atoms with Crippen molar-refractivity contribution in [2.75, 3.05) is 28.4 Å². The highest BCUT2D eigenvalue weighted by Gasteiger charge is 2.23. The molecule has 0 N–H and O–H groups in total. The maximum Gasteiger partial charge on any atom is 0.268 e. The van der Waals surface area contributed by atoms with Gasteiger partial charge in [0.05, 0.1) is 39.0 Å². The van der Waals surface area contributed by atoms with Gasteiger partial charge < -0.3 is 18.9 Å². The van der Waals surface area contributed by atoms with Crippen molar-refractivity contribution >= 4 is 26.0 Å². The molecule has 0 aliphatic heterocycles. The van der Waals surface area contributed by atoms with Crippen LogP contribution in [0.15, 0.2) is 58.0 Å². The maximum absolute atomic E-state index is 13.3. The molecule has 0 spiro atoms. The van der Waals surface area contributed by atoms with E-state index in [1.54, 1.807) is 30.3 Å². The minimum Gasteiger partial charge on any atom is -0.497 e. The molecule has 1 heterocycles. The van der Waals surface area contributed by atoms with Crippen LogP contribution in [0.4, 0.5) is 0 Å². The van der Waals surface area contributed by atoms with Crippen LogP contribution in [0.25, 0.3) is 11.3 Å². The van der Waals surface area contributed by atoms with Crippen molar-refractivity contribution in [1.29, 1.82) is 0 Å². The summed E-state index contributed by atoms with van der Waals surface area (Å²) in [5, 5.41) is 0. The molecular formula is C20H20BrNO6S. The summed E-state index contributed by atoms with van der Waals surface area (Å²) >= 11 is 3.37. The lowest BCUT2D eigenvalue weighted by Gasteiger charge is -2.16. The molecule has 0 aliphatic carbocycles. The van der Waals surface area contributed by atoms with Crippen molar-refractivity contribution in [3.05, 3.63) is 53.1 Å². The standard InChI is InChI=1S/C20H20BrNO6S/c1-25-15-5-7-16(8-6-15)29(23,24)22-12-14(21)11-17(22)13-9-18(26-2)20(28-4)19(10-13)27-3/h5-12H,1-4H3. The first-order chi connectivity index (χ1) is 13.8. The number of rotatable bonds is 7. The predicted molar refractivity (Wildman–Crippen MR) is 113 cm³/mol. The Balaban J connectivity index is 2.19. The number of halogens is 1. The van der Waals surface area contributed by atoms with Crippen LogP contribution >= 0.6 is 15.9 Å². The van der Waals surface area contributed by atoms with E-state index in [1.807, 2.05) is 0 Å². The summed E-state index contributed by atoms with van der Waals surface area (Å²) in [6.45, 7) is 0. The quantitative estimate of drug-likeness (QED) is 0.503. The molecule has 1 aromatic heterocycles. The van der Waals surface area contributed by atoms with E-state index in [2.05, 4.69) is 15.9 Å². The summed E-state index contributed by atoms with van der Waals surface area (Å²) in [5.74, 6) is 1.84. The van der Waals surface area contributed by atoms with E-state index in [-0.39, 0.29) is 4.90 Å². The Kier molecular flexibility index (Phi) is 6.09. The molecule has 29 heavy (non-hydrogen) atoms. The number of ether oxygens (including phenoxy) is 4. The highest BCUT2D eigenvalue weighted by Crippen LogP contribution is 2.42. The van der Waals surface area contributed by atoms with Crippen molar-refractivity contribution < 1.29 is 27.4 Å². The van der Waals surface area contributed by atoms with E-state index in [0.29, 0.717) is 38.7 Å². The first-order valence-corrected chi connectivity index (χ1v) is 10.7. The molecule has 3 rings (SSSR count). The molecule has 0 saturated heterocycles. The van der Waals surface area contributed by atoms with Gasteiger partial charge in [-0.1, -0.05) is 0 Å². The fourth-order valence-corrected chi connectivity index (χ4v) is 4.85. The molecule has 9 heteroatoms. The first-order valence-electron chi connectivity index (χ1n) is 8.43. The van der Waals surface area contributed by atoms with Crippen molar-refractivity contribution in [2.24, 2.45) is 0 Å². The van der Waals surface area contributed by atoms with E-state index in [0.717, 1.165) is 0 Å². The van der Waals surface area contributed by atoms with Crippen LogP contribution in [0.5, 0.6) is 23.0 Å². The first kappa shape index (κ1) is 21.1. The second-order valence-corrected chi connectivity index (χ2v) is 8.66. The van der Waals surface area contributed by atoms with Gasteiger partial charge in [0, 0.05) is 16.2 Å². The monoisotopic (exact) mass is 481 g/mol. The third-order valence-corrected chi connectivity index (χ3v) is 6.45. The number of benzene rings is 2. The Morgan fingerprint density at radius 1 is 0.828 bits per heavy atom. The van der Waals surface area contributed by atoms with Crippen LogP contribution in [-0.4, -0.2) is 40.8 Å². The van der Waals surface area contributed by atoms with Crippen molar-refractivity contribution in [2.45, 2.75) is 4.90 Å². The fraction of sp³-hybridized carbons (Fsp3) is 0.200. The van der Waals surface area contributed by atoms with Crippen molar-refractivity contribution in [3.63, 3.8) is 0 Å². The van der Waals surface area contributed by atoms with Gasteiger partial charge in [0.15, 0.2) is 11.5 Å². The summed E-state index contributed by atoms with van der Waals surface area (Å²) < 4.78 is 49.6. The van der Waals surface area contributed by atoms with Gasteiger partial charge in [0.2, 0.25) is 5.75 Å². The van der Waals surface area contributed by atoms with Gasteiger partial charge in [-0.25, -0.2) is 12.4 Å². The molecule has 0 aliphatic rings. The van der Waals surface area contributed by atoms with Gasteiger partial charge in [-0.3, -0.25) is 0 Å². The average Bonchev–Trinajstić information content (AvgIpc) is 3.15. The number of hydrogen-bond donors (Lipinski definition) is 0. The second kappa shape index (κ2) is 8.38. The molecule has 154 valence electrons. The van der Waals surface area contributed by atoms with Crippen LogP contribution in [0, 0.1) is 0 Å². The van der Waals surface area contributed by atoms with Gasteiger partial charge in [0.1, 0.15) is 5.75 Å². The third-order valence-electron chi connectivity index (χ3n) is 4.33. The fourth-order valence-electron chi connectivity index (χ4n) is 2.91. The Morgan fingerprint density at radius 2 is 1.41 bits per heavy atom. The number of aromatic nitrogens is 1. The average molecular weight is 482 g/mol. The Bertz CT molecular complexity index is 1100. The summed E-state index contributed by atoms with van der Waals surface area (Å²) in [7, 11) is 2.18. The summed E-state index contributed by atoms with van der Waals surface area (Å²) in [5.41, 5.74) is 1.02. The Morgan fingerprint density at radius 3 is 1.90 bits per heavy atom. The zero-order valence-electron chi connectivity index (χ0n) is 16.3. The summed E-state index contributed by atoms with van der Waals surface area (Å²) in [4.78, 5) is 0.134. The van der Waals surface area contributed by atoms with Crippen LogP contribution in [0.1, 0.15) is 0 Å². The van der Waals surface area contributed by atoms with E-state index in [9.17, 15) is 8.42 Å². The number of methoxy groups -OCH3 is 4. The molecular weight excluding hydrogens is 462 g/mol. The topological polar surface area (TPSA) is 76.0 Å². The van der Waals surface area contributed by atoms with Crippen LogP contribution in [-0.2, 0) is 10.0 Å². The Hall–Kier alpha value is -2.65. The number of nitrogens with zero attached hydrogens (tertiary/aromatic N) is 1. The molecule has 0 fully saturated rings. The largest absolute Gasteiger partial charge is 0.497 e. The van der Waals surface area contributed by atoms with E-state index in [1.165, 1.54) is 50.7 Å². The Labute approximate surface area is 178 Å². The summed E-state index contributed by atoms with van der Waals surface area (Å²) in [6, 6.07) is 11.3. The predicted octanol–water partition coefficient (Wildman–Crippen LogP) is 4.19. The van der Waals surface area contributed by atoms with Gasteiger partial charge in [-0.15, -0.1) is 0 Å².